The van der Waals surface area contributed by atoms with Gasteiger partial charge in [0.2, 0.25) is 0 Å². The Hall–Kier alpha value is -1.90. The number of rotatable bonds is 6. The van der Waals surface area contributed by atoms with Crippen LogP contribution in [0.15, 0.2) is 52.4 Å². The summed E-state index contributed by atoms with van der Waals surface area (Å²) in [5, 5.41) is 0. The van der Waals surface area contributed by atoms with Gasteiger partial charge in [0.1, 0.15) is 0 Å². The second kappa shape index (κ2) is 8.63. The number of fused-ring (bicyclic) bond motifs is 1. The molecular weight excluding hydrogens is 412 g/mol. The number of aromatic nitrogens is 1. The number of sulfone groups is 1. The van der Waals surface area contributed by atoms with Crippen molar-refractivity contribution in [1.29, 1.82) is 0 Å². The van der Waals surface area contributed by atoms with Crippen molar-refractivity contribution in [3.05, 3.63) is 58.4 Å². The summed E-state index contributed by atoms with van der Waals surface area (Å²) in [7, 11) is -3.52. The Kier molecular flexibility index (Phi) is 6.42. The van der Waals surface area contributed by atoms with Crippen molar-refractivity contribution in [2.45, 2.75) is 24.8 Å². The number of nitrogens with zero attached hydrogens (tertiary/aromatic N) is 2. The highest BCUT2D eigenvalue weighted by Crippen LogP contribution is 2.21. The molecule has 8 heteroatoms. The second-order valence-corrected chi connectivity index (χ2v) is 10.3. The maximum atomic E-state index is 12.9. The molecule has 1 amide bonds. The van der Waals surface area contributed by atoms with E-state index >= 15 is 0 Å². The zero-order valence-electron chi connectivity index (χ0n) is 16.0. The molecule has 0 saturated heterocycles. The van der Waals surface area contributed by atoms with Crippen molar-refractivity contribution in [3.8, 4) is 0 Å². The van der Waals surface area contributed by atoms with E-state index in [1.54, 1.807) is 23.9 Å². The molecule has 0 saturated carbocycles. The molecule has 148 valence electrons. The number of thioether (sulfide) groups is 1. The predicted octanol–water partition coefficient (Wildman–Crippen LogP) is 3.77. The van der Waals surface area contributed by atoms with E-state index in [4.69, 9.17) is 0 Å². The van der Waals surface area contributed by atoms with Crippen molar-refractivity contribution < 1.29 is 13.2 Å². The highest BCUT2D eigenvalue weighted by Gasteiger charge is 2.18. The normalized spacial score (nSPS) is 12.6. The minimum Gasteiger partial charge on any atom is -0.316 e. The lowest BCUT2D eigenvalue weighted by Gasteiger charge is -2.05. The number of aryl methyl sites for hydroxylation is 2. The Labute approximate surface area is 173 Å². The third-order valence-electron chi connectivity index (χ3n) is 4.39. The molecule has 3 rings (SSSR count). The first-order valence-electron chi connectivity index (χ1n) is 8.84. The van der Waals surface area contributed by atoms with Gasteiger partial charge in [-0.05, 0) is 42.5 Å². The molecule has 28 heavy (non-hydrogen) atoms. The molecule has 1 aromatic heterocycles. The molecule has 0 aliphatic heterocycles. The molecule has 0 radical (unpaired) electrons. The van der Waals surface area contributed by atoms with E-state index in [1.807, 2.05) is 10.8 Å². The van der Waals surface area contributed by atoms with Crippen LogP contribution < -0.4 is 4.80 Å². The minimum absolute atomic E-state index is 0.00814. The van der Waals surface area contributed by atoms with Crippen LogP contribution in [-0.4, -0.2) is 37.2 Å². The molecule has 5 nitrogen and oxygen atoms in total. The lowest BCUT2D eigenvalue weighted by Crippen LogP contribution is -2.19. The van der Waals surface area contributed by atoms with E-state index in [-0.39, 0.29) is 10.5 Å². The van der Waals surface area contributed by atoms with Crippen LogP contribution in [0.3, 0.4) is 0 Å². The van der Waals surface area contributed by atoms with Crippen LogP contribution in [0.25, 0.3) is 10.2 Å². The van der Waals surface area contributed by atoms with Gasteiger partial charge in [0.05, 0.1) is 20.7 Å². The van der Waals surface area contributed by atoms with Gasteiger partial charge < -0.3 is 4.57 Å². The fourth-order valence-corrected chi connectivity index (χ4v) is 5.30. The van der Waals surface area contributed by atoms with E-state index in [2.05, 4.69) is 30.1 Å². The lowest BCUT2D eigenvalue weighted by molar-refractivity contribution is 0.0994. The van der Waals surface area contributed by atoms with E-state index in [9.17, 15) is 13.2 Å². The molecule has 2 aromatic carbocycles. The van der Waals surface area contributed by atoms with Gasteiger partial charge in [-0.15, -0.1) is 0 Å². The van der Waals surface area contributed by atoms with E-state index in [1.165, 1.54) is 29.0 Å². The summed E-state index contributed by atoms with van der Waals surface area (Å²) in [5.41, 5.74) is 2.37. The summed E-state index contributed by atoms with van der Waals surface area (Å²) in [6.07, 6.45) is 4.07. The van der Waals surface area contributed by atoms with Gasteiger partial charge in [-0.1, -0.05) is 36.5 Å². The smallest absolute Gasteiger partial charge is 0.280 e. The van der Waals surface area contributed by atoms with Crippen LogP contribution in [-0.2, 0) is 22.8 Å². The fraction of sp³-hybridized carbons (Fsp3) is 0.300. The SMILES string of the molecule is CCc1ccc2c(c1)sc(=NC(=O)c1ccccc1S(C)(=O)=O)n2CCSC. The van der Waals surface area contributed by atoms with Gasteiger partial charge in [0.25, 0.3) is 5.91 Å². The highest BCUT2D eigenvalue weighted by molar-refractivity contribution is 7.98. The summed E-state index contributed by atoms with van der Waals surface area (Å²) in [5.74, 6) is 0.351. The van der Waals surface area contributed by atoms with Crippen LogP contribution >= 0.6 is 23.1 Å². The first kappa shape index (κ1) is 20.8. The number of carbonyl (C=O) groups excluding carboxylic acids is 1. The Morgan fingerprint density at radius 3 is 2.64 bits per heavy atom. The Balaban J connectivity index is 2.17. The average molecular weight is 435 g/mol. The number of hydrogen-bond donors (Lipinski definition) is 0. The molecular formula is C20H22N2O3S3. The molecule has 0 unspecified atom stereocenters. The summed E-state index contributed by atoms with van der Waals surface area (Å²) in [4.78, 5) is 17.8. The zero-order chi connectivity index (χ0) is 20.3. The highest BCUT2D eigenvalue weighted by atomic mass is 32.2. The van der Waals surface area contributed by atoms with Crippen molar-refractivity contribution >= 4 is 49.1 Å². The molecule has 0 atom stereocenters. The second-order valence-electron chi connectivity index (χ2n) is 6.37. The molecule has 0 aliphatic carbocycles. The average Bonchev–Trinajstić information content (AvgIpc) is 3.01. The van der Waals surface area contributed by atoms with Gasteiger partial charge in [0.15, 0.2) is 14.6 Å². The monoisotopic (exact) mass is 434 g/mol. The van der Waals surface area contributed by atoms with Crippen molar-refractivity contribution in [3.63, 3.8) is 0 Å². The summed E-state index contributed by atoms with van der Waals surface area (Å²) >= 11 is 3.18. The maximum absolute atomic E-state index is 12.9. The minimum atomic E-state index is -3.52. The Morgan fingerprint density at radius 2 is 1.96 bits per heavy atom. The molecule has 0 N–H and O–H groups in total. The standard InChI is InChI=1S/C20H22N2O3S3/c1-4-14-9-10-16-17(13-14)27-20(22(16)11-12-26-2)21-19(23)15-7-5-6-8-18(15)28(3,24)25/h5-10,13H,4,11-12H2,1-3H3. The Morgan fingerprint density at radius 1 is 1.21 bits per heavy atom. The van der Waals surface area contributed by atoms with Gasteiger partial charge in [-0.25, -0.2) is 8.42 Å². The molecule has 0 fully saturated rings. The van der Waals surface area contributed by atoms with Gasteiger partial charge in [-0.2, -0.15) is 16.8 Å². The first-order chi connectivity index (χ1) is 13.3. The van der Waals surface area contributed by atoms with Crippen molar-refractivity contribution in [2.24, 2.45) is 4.99 Å². The number of benzene rings is 2. The third kappa shape index (κ3) is 4.39. The van der Waals surface area contributed by atoms with Crippen LogP contribution in [0.1, 0.15) is 22.8 Å². The predicted molar refractivity (Wildman–Crippen MR) is 117 cm³/mol. The van der Waals surface area contributed by atoms with Crippen LogP contribution in [0.5, 0.6) is 0 Å². The van der Waals surface area contributed by atoms with E-state index in [0.717, 1.165) is 35.2 Å². The third-order valence-corrected chi connectivity index (χ3v) is 7.18. The lowest BCUT2D eigenvalue weighted by atomic mass is 10.2. The zero-order valence-corrected chi connectivity index (χ0v) is 18.5. The van der Waals surface area contributed by atoms with Gasteiger partial charge in [-0.3, -0.25) is 4.79 Å². The van der Waals surface area contributed by atoms with Crippen molar-refractivity contribution in [2.75, 3.05) is 18.3 Å². The first-order valence-corrected chi connectivity index (χ1v) is 12.9. The molecule has 3 aromatic rings. The van der Waals surface area contributed by atoms with Gasteiger partial charge in [0, 0.05) is 18.6 Å². The molecule has 0 spiro atoms. The maximum Gasteiger partial charge on any atom is 0.280 e. The van der Waals surface area contributed by atoms with Crippen LogP contribution in [0.2, 0.25) is 0 Å². The number of hydrogen-bond acceptors (Lipinski definition) is 5. The number of carbonyl (C=O) groups is 1. The largest absolute Gasteiger partial charge is 0.316 e. The number of thiazole rings is 1. The fourth-order valence-electron chi connectivity index (χ4n) is 2.94. The number of amides is 1. The Bertz CT molecular complexity index is 1190. The topological polar surface area (TPSA) is 68.5 Å². The van der Waals surface area contributed by atoms with Crippen LogP contribution in [0.4, 0.5) is 0 Å². The van der Waals surface area contributed by atoms with E-state index in [0.29, 0.717) is 4.80 Å². The summed E-state index contributed by atoms with van der Waals surface area (Å²) < 4.78 is 27.2. The van der Waals surface area contributed by atoms with Crippen LogP contribution in [0, 0.1) is 0 Å². The van der Waals surface area contributed by atoms with Gasteiger partial charge >= 0.3 is 0 Å². The van der Waals surface area contributed by atoms with E-state index < -0.39 is 15.7 Å². The molecule has 1 heterocycles. The molecule has 0 bridgehead atoms. The summed E-state index contributed by atoms with van der Waals surface area (Å²) in [6, 6.07) is 12.5. The summed E-state index contributed by atoms with van der Waals surface area (Å²) in [6.45, 7) is 2.83. The van der Waals surface area contributed by atoms with Crippen molar-refractivity contribution in [1.82, 2.24) is 4.57 Å². The quantitative estimate of drug-likeness (QED) is 0.592. The molecule has 0 aliphatic rings.